The highest BCUT2D eigenvalue weighted by Gasteiger charge is 2.09. The first kappa shape index (κ1) is 13.2. The van der Waals surface area contributed by atoms with E-state index in [0.29, 0.717) is 19.3 Å². The third-order valence-corrected chi connectivity index (χ3v) is 2.93. The second-order valence-electron chi connectivity index (χ2n) is 3.56. The number of carbonyl (C=O) groups is 1. The molecule has 0 saturated heterocycles. The minimum Gasteiger partial charge on any atom is -0.396 e. The third kappa shape index (κ3) is 4.74. The molecule has 1 atom stereocenters. The van der Waals surface area contributed by atoms with Crippen molar-refractivity contribution < 1.29 is 15.0 Å². The molecule has 16 heavy (non-hydrogen) atoms. The molecule has 0 radical (unpaired) electrons. The summed E-state index contributed by atoms with van der Waals surface area (Å²) < 4.78 is 0. The van der Waals surface area contributed by atoms with Gasteiger partial charge in [-0.2, -0.15) is 11.3 Å². The normalized spacial score (nSPS) is 12.4. The van der Waals surface area contributed by atoms with Crippen LogP contribution in [0.25, 0.3) is 0 Å². The average molecular weight is 243 g/mol. The van der Waals surface area contributed by atoms with Gasteiger partial charge in [-0.1, -0.05) is 0 Å². The summed E-state index contributed by atoms with van der Waals surface area (Å²) in [6, 6.07) is 1.84. The second-order valence-corrected chi connectivity index (χ2v) is 4.34. The Morgan fingerprint density at radius 2 is 2.31 bits per heavy atom. The lowest BCUT2D eigenvalue weighted by Crippen LogP contribution is -2.27. The van der Waals surface area contributed by atoms with Gasteiger partial charge >= 0.3 is 0 Å². The molecule has 0 aliphatic carbocycles. The number of rotatable bonds is 7. The number of aliphatic hydroxyl groups is 2. The van der Waals surface area contributed by atoms with Gasteiger partial charge in [0, 0.05) is 19.6 Å². The first-order valence-corrected chi connectivity index (χ1v) is 6.26. The van der Waals surface area contributed by atoms with E-state index in [4.69, 9.17) is 5.11 Å². The smallest absolute Gasteiger partial charge is 0.220 e. The lowest BCUT2D eigenvalue weighted by atomic mass is 10.2. The zero-order valence-electron chi connectivity index (χ0n) is 9.06. The Bertz CT molecular complexity index is 300. The van der Waals surface area contributed by atoms with Gasteiger partial charge in [0.1, 0.15) is 0 Å². The van der Waals surface area contributed by atoms with Gasteiger partial charge < -0.3 is 15.5 Å². The van der Waals surface area contributed by atoms with Gasteiger partial charge in [-0.3, -0.25) is 4.79 Å². The molecule has 90 valence electrons. The number of aliphatic hydroxyl groups excluding tert-OH is 2. The topological polar surface area (TPSA) is 69.6 Å². The number of unbranched alkanes of at least 4 members (excludes halogenated alkanes) is 1. The van der Waals surface area contributed by atoms with Crippen LogP contribution in [0.4, 0.5) is 0 Å². The Labute approximate surface area is 98.9 Å². The van der Waals surface area contributed by atoms with E-state index in [1.165, 1.54) is 11.3 Å². The molecule has 1 aromatic rings. The zero-order chi connectivity index (χ0) is 11.8. The minimum atomic E-state index is -0.631. The predicted molar refractivity (Wildman–Crippen MR) is 63.2 cm³/mol. The zero-order valence-corrected chi connectivity index (χ0v) is 9.87. The van der Waals surface area contributed by atoms with E-state index in [0.717, 1.165) is 5.56 Å². The molecule has 4 nitrogen and oxygen atoms in total. The van der Waals surface area contributed by atoms with Crippen LogP contribution in [0, 0.1) is 0 Å². The predicted octanol–water partition coefficient (Wildman–Crippen LogP) is 1.06. The average Bonchev–Trinajstić information content (AvgIpc) is 2.79. The summed E-state index contributed by atoms with van der Waals surface area (Å²) in [6.45, 7) is 0.361. The minimum absolute atomic E-state index is 0.0808. The molecule has 1 unspecified atom stereocenters. The van der Waals surface area contributed by atoms with Crippen LogP contribution in [-0.4, -0.2) is 29.3 Å². The maximum absolute atomic E-state index is 11.3. The number of hydrogen-bond donors (Lipinski definition) is 3. The van der Waals surface area contributed by atoms with E-state index in [1.807, 2.05) is 16.8 Å². The maximum atomic E-state index is 11.3. The van der Waals surface area contributed by atoms with E-state index in [2.05, 4.69) is 5.32 Å². The highest BCUT2D eigenvalue weighted by atomic mass is 32.1. The molecular weight excluding hydrogens is 226 g/mol. The van der Waals surface area contributed by atoms with Crippen molar-refractivity contribution in [3.63, 3.8) is 0 Å². The van der Waals surface area contributed by atoms with Crippen molar-refractivity contribution in [3.05, 3.63) is 22.4 Å². The lowest BCUT2D eigenvalue weighted by molar-refractivity contribution is -0.121. The van der Waals surface area contributed by atoms with Crippen molar-refractivity contribution in [3.8, 4) is 0 Å². The molecule has 0 bridgehead atoms. The van der Waals surface area contributed by atoms with E-state index in [-0.39, 0.29) is 19.1 Å². The van der Waals surface area contributed by atoms with Crippen LogP contribution in [0.1, 0.15) is 30.9 Å². The monoisotopic (exact) mass is 243 g/mol. The molecule has 0 spiro atoms. The van der Waals surface area contributed by atoms with Crippen LogP contribution < -0.4 is 5.32 Å². The van der Waals surface area contributed by atoms with Gasteiger partial charge in [0.25, 0.3) is 0 Å². The van der Waals surface area contributed by atoms with Crippen molar-refractivity contribution in [1.29, 1.82) is 0 Å². The maximum Gasteiger partial charge on any atom is 0.220 e. The van der Waals surface area contributed by atoms with Crippen LogP contribution in [0.2, 0.25) is 0 Å². The molecule has 1 aromatic heterocycles. The highest BCUT2D eigenvalue weighted by molar-refractivity contribution is 7.07. The first-order valence-electron chi connectivity index (χ1n) is 5.31. The summed E-state index contributed by atoms with van der Waals surface area (Å²) >= 11 is 1.52. The Balaban J connectivity index is 2.16. The van der Waals surface area contributed by atoms with Crippen molar-refractivity contribution in [1.82, 2.24) is 5.32 Å². The molecule has 3 N–H and O–H groups in total. The van der Waals surface area contributed by atoms with E-state index in [1.54, 1.807) is 0 Å². The number of nitrogens with one attached hydrogen (secondary N) is 1. The number of thiophene rings is 1. The highest BCUT2D eigenvalue weighted by Crippen LogP contribution is 2.14. The summed E-state index contributed by atoms with van der Waals surface area (Å²) in [7, 11) is 0. The van der Waals surface area contributed by atoms with Crippen LogP contribution in [0.5, 0.6) is 0 Å². The fourth-order valence-electron chi connectivity index (χ4n) is 1.28. The Morgan fingerprint density at radius 1 is 1.50 bits per heavy atom. The summed E-state index contributed by atoms with van der Waals surface area (Å²) in [5.41, 5.74) is 0.834. The molecule has 0 saturated carbocycles. The van der Waals surface area contributed by atoms with Crippen LogP contribution in [0.3, 0.4) is 0 Å². The van der Waals surface area contributed by atoms with Crippen molar-refractivity contribution in [2.45, 2.75) is 25.4 Å². The van der Waals surface area contributed by atoms with Gasteiger partial charge in [-0.05, 0) is 35.2 Å². The molecule has 1 rings (SSSR count). The van der Waals surface area contributed by atoms with Gasteiger partial charge in [0.15, 0.2) is 0 Å². The molecule has 1 heterocycles. The van der Waals surface area contributed by atoms with Crippen LogP contribution >= 0.6 is 11.3 Å². The summed E-state index contributed by atoms with van der Waals surface area (Å²) in [5, 5.41) is 24.7. The molecule has 0 aliphatic rings. The van der Waals surface area contributed by atoms with Crippen molar-refractivity contribution >= 4 is 17.2 Å². The SMILES string of the molecule is O=C(CCCCO)NCC(O)c1ccsc1. The summed E-state index contributed by atoms with van der Waals surface area (Å²) in [6.07, 6.45) is 1.09. The molecule has 1 amide bonds. The van der Waals surface area contributed by atoms with E-state index in [9.17, 15) is 9.90 Å². The van der Waals surface area contributed by atoms with Crippen LogP contribution in [0.15, 0.2) is 16.8 Å². The molecule has 5 heteroatoms. The Morgan fingerprint density at radius 3 is 2.94 bits per heavy atom. The van der Waals surface area contributed by atoms with Gasteiger partial charge in [0.05, 0.1) is 6.10 Å². The Kier molecular flexibility index (Phi) is 6.07. The molecule has 0 fully saturated rings. The summed E-state index contributed by atoms with van der Waals surface area (Å²) in [4.78, 5) is 11.3. The number of carbonyl (C=O) groups excluding carboxylic acids is 1. The fourth-order valence-corrected chi connectivity index (χ4v) is 1.99. The van der Waals surface area contributed by atoms with Crippen LogP contribution in [-0.2, 0) is 4.79 Å². The second kappa shape index (κ2) is 7.38. The summed E-state index contributed by atoms with van der Waals surface area (Å²) in [5.74, 6) is -0.0808. The third-order valence-electron chi connectivity index (χ3n) is 2.23. The largest absolute Gasteiger partial charge is 0.396 e. The van der Waals surface area contributed by atoms with Gasteiger partial charge in [-0.25, -0.2) is 0 Å². The van der Waals surface area contributed by atoms with E-state index >= 15 is 0 Å². The number of hydrogen-bond acceptors (Lipinski definition) is 4. The fraction of sp³-hybridized carbons (Fsp3) is 0.545. The number of amides is 1. The quantitative estimate of drug-likeness (QED) is 0.627. The van der Waals surface area contributed by atoms with Gasteiger partial charge in [-0.15, -0.1) is 0 Å². The molecule has 0 aromatic carbocycles. The van der Waals surface area contributed by atoms with Crippen molar-refractivity contribution in [2.75, 3.05) is 13.2 Å². The Hall–Kier alpha value is -0.910. The standard InChI is InChI=1S/C11H17NO3S/c13-5-2-1-3-11(15)12-7-10(14)9-4-6-16-8-9/h4,6,8,10,13-14H,1-3,5,7H2,(H,12,15). The van der Waals surface area contributed by atoms with Gasteiger partial charge in [0.2, 0.25) is 5.91 Å². The molecule has 0 aliphatic heterocycles. The van der Waals surface area contributed by atoms with Crippen molar-refractivity contribution in [2.24, 2.45) is 0 Å². The van der Waals surface area contributed by atoms with E-state index < -0.39 is 6.10 Å². The molecular formula is C11H17NO3S. The first-order chi connectivity index (χ1) is 7.74. The lowest BCUT2D eigenvalue weighted by Gasteiger charge is -2.10.